The van der Waals surface area contributed by atoms with E-state index < -0.39 is 23.5 Å². The molecule has 0 bridgehead atoms. The molecule has 2 N–H and O–H groups in total. The van der Waals surface area contributed by atoms with Crippen molar-refractivity contribution < 1.29 is 45.7 Å². The van der Waals surface area contributed by atoms with Crippen molar-refractivity contribution in [2.45, 2.75) is 0 Å². The Hall–Kier alpha value is 1.91. The predicted molar refractivity (Wildman–Crippen MR) is 180 cm³/mol. The lowest BCUT2D eigenvalue weighted by Gasteiger charge is -2.25. The van der Waals surface area contributed by atoms with Crippen LogP contribution in [0.15, 0.2) is 76.7 Å². The minimum Gasteiger partial charge on any atom is -0.402 e. The first-order chi connectivity index (χ1) is 18.3. The lowest BCUT2D eigenvalue weighted by molar-refractivity contribution is 0.212. The number of halogens is 9. The molecule has 0 saturated carbocycles. The molecule has 0 aliphatic heterocycles. The Morgan fingerprint density at radius 3 is 1.05 bits per heavy atom. The fraction of sp³-hybridized carbons (Fsp3) is 0. The van der Waals surface area contributed by atoms with Gasteiger partial charge in [-0.25, -0.2) is 13.7 Å². The van der Waals surface area contributed by atoms with Gasteiger partial charge in [0.1, 0.15) is 17.2 Å². The molecule has 218 valence electrons. The zero-order valence-electron chi connectivity index (χ0n) is 18.4. The smallest absolute Gasteiger partial charge is 0.402 e. The van der Waals surface area contributed by atoms with Gasteiger partial charge in [-0.2, -0.15) is 8.62 Å². The maximum absolute atomic E-state index is 14.2. The van der Waals surface area contributed by atoms with Crippen molar-refractivity contribution in [3.63, 3.8) is 0 Å². The Morgan fingerprint density at radius 1 is 0.450 bits per heavy atom. The van der Waals surface area contributed by atoms with Crippen LogP contribution in [0.3, 0.4) is 0 Å². The van der Waals surface area contributed by atoms with Crippen molar-refractivity contribution >= 4 is 167 Å². The molecule has 0 spiro atoms. The first-order valence-electron chi connectivity index (χ1n) is 9.52. The number of phosphoric ester groups is 1. The minimum atomic E-state index is -5.59. The first kappa shape index (κ1) is 36.4. The van der Waals surface area contributed by atoms with E-state index in [0.29, 0.717) is 26.8 Å². The molecule has 22 heteroatoms. The summed E-state index contributed by atoms with van der Waals surface area (Å²) in [6.07, 6.45) is 0. The fourth-order valence-corrected chi connectivity index (χ4v) is 11.0. The van der Waals surface area contributed by atoms with Crippen LogP contribution in [-0.4, -0.2) is 9.79 Å². The Morgan fingerprint density at radius 2 is 0.750 bits per heavy atom. The molecule has 3 aromatic rings. The van der Waals surface area contributed by atoms with Gasteiger partial charge in [0, 0.05) is 26.8 Å². The second-order valence-electron chi connectivity index (χ2n) is 6.84. The van der Waals surface area contributed by atoms with Crippen LogP contribution in [0.5, 0.6) is 17.2 Å². The van der Waals surface area contributed by atoms with Crippen LogP contribution in [0.4, 0.5) is 0 Å². The average molecular weight is 1200 g/mol. The van der Waals surface area contributed by atoms with E-state index in [1.807, 2.05) is 0 Å². The minimum absolute atomic E-state index is 0.138. The van der Waals surface area contributed by atoms with Gasteiger partial charge >= 0.3 is 23.5 Å². The van der Waals surface area contributed by atoms with E-state index in [1.54, 1.807) is 0 Å². The molecular formula is C18H8Br9O10P3. The van der Waals surface area contributed by atoms with Gasteiger partial charge in [-0.15, -0.1) is 0 Å². The van der Waals surface area contributed by atoms with Gasteiger partial charge in [0.15, 0.2) is 0 Å². The van der Waals surface area contributed by atoms with E-state index in [2.05, 4.69) is 148 Å². The van der Waals surface area contributed by atoms with Gasteiger partial charge in [0.05, 0.1) is 13.4 Å². The first-order valence-corrected chi connectivity index (χ1v) is 21.1. The van der Waals surface area contributed by atoms with E-state index in [1.165, 1.54) is 36.4 Å². The number of benzene rings is 3. The summed E-state index contributed by atoms with van der Waals surface area (Å²) in [5.74, 6) is -0.541. The second-order valence-corrected chi connectivity index (χ2v) is 18.8. The lowest BCUT2D eigenvalue weighted by Crippen LogP contribution is -2.09. The second kappa shape index (κ2) is 14.6. The lowest BCUT2D eigenvalue weighted by atomic mass is 10.3. The van der Waals surface area contributed by atoms with Crippen LogP contribution < -0.4 is 13.6 Å². The third-order valence-electron chi connectivity index (χ3n) is 4.04. The Balaban J connectivity index is 2.16. The van der Waals surface area contributed by atoms with Crippen molar-refractivity contribution in [2.75, 3.05) is 0 Å². The molecule has 1 atom stereocenters. The highest BCUT2D eigenvalue weighted by Gasteiger charge is 2.49. The van der Waals surface area contributed by atoms with E-state index in [9.17, 15) is 23.5 Å². The van der Waals surface area contributed by atoms with E-state index in [0.717, 1.165) is 0 Å². The van der Waals surface area contributed by atoms with E-state index in [-0.39, 0.29) is 30.7 Å². The predicted octanol–water partition coefficient (Wildman–Crippen LogP) is 12.4. The molecule has 3 rings (SSSR count). The summed E-state index contributed by atoms with van der Waals surface area (Å²) in [7, 11) is -16.3. The summed E-state index contributed by atoms with van der Waals surface area (Å²) in [5, 5.41) is 0. The Kier molecular flexibility index (Phi) is 13.2. The molecule has 0 heterocycles. The number of phosphoric acid groups is 3. The Labute approximate surface area is 302 Å². The van der Waals surface area contributed by atoms with Crippen molar-refractivity contribution in [2.24, 2.45) is 0 Å². The topological polar surface area (TPSA) is 138 Å². The van der Waals surface area contributed by atoms with Gasteiger partial charge in [-0.3, -0.25) is 0 Å². The highest BCUT2D eigenvalue weighted by molar-refractivity contribution is 9.15. The maximum atomic E-state index is 14.2. The van der Waals surface area contributed by atoms with Crippen LogP contribution in [0.25, 0.3) is 0 Å². The molecule has 10 nitrogen and oxygen atoms in total. The van der Waals surface area contributed by atoms with Crippen molar-refractivity contribution in [3.05, 3.63) is 76.7 Å². The SMILES string of the molecule is O=P(O)(O)OP(=O)(Oc1ccc(Br)c(Br)c1Br)OP(=O)(Oc1ccc(Br)c(Br)c1Br)Oc1ccc(Br)c(Br)c1Br. The number of hydrogen-bond acceptors (Lipinski definition) is 8. The maximum Gasteiger partial charge on any atom is 0.597 e. The normalized spacial score (nSPS) is 13.6. The van der Waals surface area contributed by atoms with E-state index in [4.69, 9.17) is 17.9 Å². The summed E-state index contributed by atoms with van der Waals surface area (Å²) >= 11 is 29.6. The Bertz CT molecular complexity index is 1550. The summed E-state index contributed by atoms with van der Waals surface area (Å²) in [5.41, 5.74) is 0. The van der Waals surface area contributed by atoms with E-state index >= 15 is 0 Å². The molecule has 0 aliphatic rings. The quantitative estimate of drug-likeness (QED) is 0.149. The highest BCUT2D eigenvalue weighted by atomic mass is 79.9. The van der Waals surface area contributed by atoms with Crippen LogP contribution >= 0.6 is 167 Å². The summed E-state index contributed by atoms with van der Waals surface area (Å²) in [6, 6.07) is 8.52. The molecule has 1 unspecified atom stereocenters. The molecule has 0 aromatic heterocycles. The van der Waals surface area contributed by atoms with Crippen LogP contribution in [-0.2, 0) is 22.3 Å². The molecule has 0 aliphatic carbocycles. The average Bonchev–Trinajstić information content (AvgIpc) is 2.84. The number of hydrogen-bond donors (Lipinski definition) is 2. The monoisotopic (exact) mass is 1190 g/mol. The van der Waals surface area contributed by atoms with Crippen LogP contribution in [0.2, 0.25) is 0 Å². The van der Waals surface area contributed by atoms with Gasteiger partial charge in [0.2, 0.25) is 0 Å². The van der Waals surface area contributed by atoms with Crippen LogP contribution in [0.1, 0.15) is 0 Å². The summed E-state index contributed by atoms with van der Waals surface area (Å²) in [4.78, 5) is 19.0. The standard InChI is InChI=1S/C18H8Br9O10P3/c19-7-1-4-10(16(25)13(7)22)33-39(31,34-11-5-2-8(20)14(23)17(11)26)37-40(32,36-38(28,29)30)35-12-6-3-9(21)15(24)18(12)27/h1-6H,(H2,28,29,30). The molecular weight excluding hydrogens is 1190 g/mol. The molecule has 3 aromatic carbocycles. The summed E-state index contributed by atoms with van der Waals surface area (Å²) in [6.45, 7) is 0. The molecule has 0 amide bonds. The van der Waals surface area contributed by atoms with Gasteiger partial charge in [0.25, 0.3) is 0 Å². The van der Waals surface area contributed by atoms with Crippen LogP contribution in [0, 0.1) is 0 Å². The van der Waals surface area contributed by atoms with Gasteiger partial charge in [-0.1, -0.05) is 0 Å². The zero-order chi connectivity index (χ0) is 30.2. The van der Waals surface area contributed by atoms with Crippen molar-refractivity contribution in [1.82, 2.24) is 0 Å². The molecule has 0 radical (unpaired) electrons. The third kappa shape index (κ3) is 9.46. The van der Waals surface area contributed by atoms with Gasteiger partial charge < -0.3 is 23.4 Å². The van der Waals surface area contributed by atoms with Gasteiger partial charge in [-0.05, 0) is 180 Å². The molecule has 0 fully saturated rings. The number of rotatable bonds is 10. The summed E-state index contributed by atoms with van der Waals surface area (Å²) < 4.78 is 69.4. The molecule has 40 heavy (non-hydrogen) atoms. The van der Waals surface area contributed by atoms with Crippen molar-refractivity contribution in [3.8, 4) is 17.2 Å². The molecule has 0 saturated heterocycles. The fourth-order valence-electron chi connectivity index (χ4n) is 2.45. The largest absolute Gasteiger partial charge is 0.597 e. The zero-order valence-corrected chi connectivity index (χ0v) is 35.3. The highest BCUT2D eigenvalue weighted by Crippen LogP contribution is 2.71. The third-order valence-corrected chi connectivity index (χ3v) is 18.6. The van der Waals surface area contributed by atoms with Crippen molar-refractivity contribution in [1.29, 1.82) is 0 Å².